The van der Waals surface area contributed by atoms with Crippen molar-refractivity contribution in [1.29, 1.82) is 0 Å². The smallest absolute Gasteiger partial charge is 0.126 e. The van der Waals surface area contributed by atoms with Crippen LogP contribution in [0.4, 0.5) is 5.82 Å². The van der Waals surface area contributed by atoms with Gasteiger partial charge in [-0.15, -0.1) is 0 Å². The van der Waals surface area contributed by atoms with Gasteiger partial charge in [-0.25, -0.2) is 4.98 Å². The van der Waals surface area contributed by atoms with Gasteiger partial charge in [-0.05, 0) is 30.9 Å². The summed E-state index contributed by atoms with van der Waals surface area (Å²) < 4.78 is 11.0. The first kappa shape index (κ1) is 13.6. The number of anilines is 1. The molecule has 0 amide bonds. The Labute approximate surface area is 113 Å². The van der Waals surface area contributed by atoms with Crippen LogP contribution in [-0.2, 0) is 16.1 Å². The Balaban J connectivity index is 1.81. The Hall–Kier alpha value is -0.840. The predicted octanol–water partition coefficient (Wildman–Crippen LogP) is 2.72. The summed E-state index contributed by atoms with van der Waals surface area (Å²) in [7, 11) is 1.84. The first-order chi connectivity index (χ1) is 8.79. The van der Waals surface area contributed by atoms with Crippen LogP contribution in [0, 0.1) is 5.92 Å². The average Bonchev–Trinajstić information content (AvgIpc) is 2.42. The number of halogens is 1. The number of hydrogen-bond acceptors (Lipinski definition) is 4. The van der Waals surface area contributed by atoms with Crippen LogP contribution in [0.1, 0.15) is 18.5 Å². The molecule has 0 aromatic carbocycles. The summed E-state index contributed by atoms with van der Waals surface area (Å²) >= 11 is 6.08. The molecular formula is C13H19ClN2O2. The summed E-state index contributed by atoms with van der Waals surface area (Å²) in [5.41, 5.74) is 0.788. The fourth-order valence-electron chi connectivity index (χ4n) is 1.96. The van der Waals surface area contributed by atoms with Gasteiger partial charge >= 0.3 is 0 Å². The van der Waals surface area contributed by atoms with Crippen LogP contribution >= 0.6 is 11.6 Å². The van der Waals surface area contributed by atoms with Crippen molar-refractivity contribution in [1.82, 2.24) is 4.98 Å². The lowest BCUT2D eigenvalue weighted by Crippen LogP contribution is -2.20. The lowest BCUT2D eigenvalue weighted by molar-refractivity contribution is 0.0150. The highest BCUT2D eigenvalue weighted by Crippen LogP contribution is 2.19. The van der Waals surface area contributed by atoms with E-state index in [1.807, 2.05) is 19.2 Å². The molecular weight excluding hydrogens is 252 g/mol. The van der Waals surface area contributed by atoms with E-state index in [2.05, 4.69) is 10.3 Å². The molecule has 0 unspecified atom stereocenters. The normalized spacial score (nSPS) is 16.8. The minimum Gasteiger partial charge on any atom is -0.381 e. The molecule has 100 valence electrons. The fourth-order valence-corrected chi connectivity index (χ4v) is 2.12. The minimum absolute atomic E-state index is 0.464. The fraction of sp³-hybridized carbons (Fsp3) is 0.615. The number of pyridine rings is 1. The molecule has 2 heterocycles. The number of nitrogens with zero attached hydrogens (tertiary/aromatic N) is 1. The van der Waals surface area contributed by atoms with Gasteiger partial charge in [0.1, 0.15) is 5.82 Å². The van der Waals surface area contributed by atoms with Gasteiger partial charge in [0.2, 0.25) is 0 Å². The first-order valence-corrected chi connectivity index (χ1v) is 6.66. The van der Waals surface area contributed by atoms with E-state index in [1.54, 1.807) is 0 Å². The molecule has 1 N–H and O–H groups in total. The van der Waals surface area contributed by atoms with Gasteiger partial charge in [-0.2, -0.15) is 0 Å². The van der Waals surface area contributed by atoms with Crippen molar-refractivity contribution in [3.63, 3.8) is 0 Å². The molecule has 0 radical (unpaired) electrons. The molecule has 0 bridgehead atoms. The molecule has 0 aliphatic carbocycles. The second-order valence-electron chi connectivity index (χ2n) is 4.45. The molecule has 4 nitrogen and oxygen atoms in total. The Morgan fingerprint density at radius 3 is 2.94 bits per heavy atom. The second-order valence-corrected chi connectivity index (χ2v) is 4.85. The topological polar surface area (TPSA) is 43.4 Å². The molecule has 0 atom stereocenters. The summed E-state index contributed by atoms with van der Waals surface area (Å²) in [6.07, 6.45) is 2.16. The zero-order chi connectivity index (χ0) is 12.8. The van der Waals surface area contributed by atoms with E-state index in [0.29, 0.717) is 17.5 Å². The minimum atomic E-state index is 0.464. The Kier molecular flexibility index (Phi) is 5.23. The van der Waals surface area contributed by atoms with E-state index in [-0.39, 0.29) is 0 Å². The summed E-state index contributed by atoms with van der Waals surface area (Å²) in [5, 5.41) is 3.65. The number of nitrogens with one attached hydrogen (secondary N) is 1. The number of aromatic nitrogens is 1. The second kappa shape index (κ2) is 6.92. The van der Waals surface area contributed by atoms with Crippen LogP contribution in [0.5, 0.6) is 0 Å². The highest BCUT2D eigenvalue weighted by Gasteiger charge is 2.14. The van der Waals surface area contributed by atoms with Crippen molar-refractivity contribution in [2.45, 2.75) is 19.4 Å². The van der Waals surface area contributed by atoms with Crippen LogP contribution in [0.3, 0.4) is 0 Å². The van der Waals surface area contributed by atoms with Crippen LogP contribution in [-0.4, -0.2) is 31.9 Å². The van der Waals surface area contributed by atoms with Gasteiger partial charge in [0.05, 0.1) is 23.9 Å². The highest BCUT2D eigenvalue weighted by atomic mass is 35.5. The van der Waals surface area contributed by atoms with Crippen molar-refractivity contribution in [2.75, 3.05) is 32.2 Å². The molecule has 1 saturated heterocycles. The van der Waals surface area contributed by atoms with Crippen LogP contribution in [0.15, 0.2) is 12.1 Å². The predicted molar refractivity (Wildman–Crippen MR) is 72.0 cm³/mol. The highest BCUT2D eigenvalue weighted by molar-refractivity contribution is 6.31. The maximum Gasteiger partial charge on any atom is 0.126 e. The van der Waals surface area contributed by atoms with E-state index in [9.17, 15) is 0 Å². The SMILES string of the molecule is CNc1ccc(Cl)c(COCC2CCOCC2)n1. The molecule has 1 fully saturated rings. The Morgan fingerprint density at radius 2 is 2.22 bits per heavy atom. The van der Waals surface area contributed by atoms with Gasteiger partial charge in [0, 0.05) is 20.3 Å². The molecule has 2 rings (SSSR count). The van der Waals surface area contributed by atoms with E-state index in [4.69, 9.17) is 21.1 Å². The van der Waals surface area contributed by atoms with E-state index < -0.39 is 0 Å². The lowest BCUT2D eigenvalue weighted by atomic mass is 10.0. The third kappa shape index (κ3) is 3.83. The Bertz CT molecular complexity index is 381. The van der Waals surface area contributed by atoms with Crippen molar-refractivity contribution >= 4 is 17.4 Å². The molecule has 1 aromatic heterocycles. The van der Waals surface area contributed by atoms with E-state index in [1.165, 1.54) is 0 Å². The van der Waals surface area contributed by atoms with Crippen molar-refractivity contribution < 1.29 is 9.47 Å². The molecule has 1 aromatic rings. The summed E-state index contributed by atoms with van der Waals surface area (Å²) in [6, 6.07) is 3.69. The van der Waals surface area contributed by atoms with E-state index >= 15 is 0 Å². The zero-order valence-electron chi connectivity index (χ0n) is 10.6. The molecule has 18 heavy (non-hydrogen) atoms. The maximum atomic E-state index is 6.08. The number of ether oxygens (including phenoxy) is 2. The van der Waals surface area contributed by atoms with Gasteiger partial charge in [0.25, 0.3) is 0 Å². The standard InChI is InChI=1S/C13H19ClN2O2/c1-15-13-3-2-11(14)12(16-13)9-18-8-10-4-6-17-7-5-10/h2-3,10H,4-9H2,1H3,(H,15,16). The summed E-state index contributed by atoms with van der Waals surface area (Å²) in [5.74, 6) is 1.41. The van der Waals surface area contributed by atoms with Gasteiger partial charge in [-0.3, -0.25) is 0 Å². The van der Waals surface area contributed by atoms with Crippen molar-refractivity contribution in [3.05, 3.63) is 22.8 Å². The molecule has 1 aliphatic heterocycles. The van der Waals surface area contributed by atoms with Gasteiger partial charge in [0.15, 0.2) is 0 Å². The van der Waals surface area contributed by atoms with Crippen LogP contribution < -0.4 is 5.32 Å². The number of hydrogen-bond donors (Lipinski definition) is 1. The lowest BCUT2D eigenvalue weighted by Gasteiger charge is -2.21. The third-order valence-electron chi connectivity index (χ3n) is 3.11. The summed E-state index contributed by atoms with van der Waals surface area (Å²) in [4.78, 5) is 4.38. The Morgan fingerprint density at radius 1 is 1.44 bits per heavy atom. The van der Waals surface area contributed by atoms with Gasteiger partial charge in [-0.1, -0.05) is 11.6 Å². The number of rotatable bonds is 5. The maximum absolute atomic E-state index is 6.08. The first-order valence-electron chi connectivity index (χ1n) is 6.28. The monoisotopic (exact) mass is 270 g/mol. The zero-order valence-corrected chi connectivity index (χ0v) is 11.4. The average molecular weight is 271 g/mol. The molecule has 0 spiro atoms. The molecule has 5 heteroatoms. The molecule has 1 aliphatic rings. The van der Waals surface area contributed by atoms with Crippen molar-refractivity contribution in [3.8, 4) is 0 Å². The summed E-state index contributed by atoms with van der Waals surface area (Å²) in [6.45, 7) is 2.92. The van der Waals surface area contributed by atoms with E-state index in [0.717, 1.165) is 44.2 Å². The quantitative estimate of drug-likeness (QED) is 0.893. The van der Waals surface area contributed by atoms with Crippen LogP contribution in [0.2, 0.25) is 5.02 Å². The van der Waals surface area contributed by atoms with Gasteiger partial charge < -0.3 is 14.8 Å². The molecule has 0 saturated carbocycles. The third-order valence-corrected chi connectivity index (χ3v) is 3.45. The van der Waals surface area contributed by atoms with Crippen LogP contribution in [0.25, 0.3) is 0 Å². The largest absolute Gasteiger partial charge is 0.381 e. The van der Waals surface area contributed by atoms with Crippen molar-refractivity contribution in [2.24, 2.45) is 5.92 Å².